The largest absolute Gasteiger partial charge is 0.459 e. The number of carbonyl (C=O) groups is 3. The number of ether oxygens (including phenoxy) is 1. The van der Waals surface area contributed by atoms with E-state index in [4.69, 9.17) is 4.74 Å². The van der Waals surface area contributed by atoms with E-state index >= 15 is 0 Å². The predicted octanol–water partition coefficient (Wildman–Crippen LogP) is 3.06. The fourth-order valence-electron chi connectivity index (χ4n) is 2.87. The fraction of sp³-hybridized carbons (Fsp3) is 0.808. The number of rotatable bonds is 5. The van der Waals surface area contributed by atoms with E-state index in [1.54, 1.807) is 0 Å². The number of piperidine rings is 1. The number of likely N-dealkylation sites (tertiary alicyclic amines) is 1. The standard InChI is InChI=1S/C11H23NO2.C8H13NO.C7H12FNO/c1-8(2)9(12(6)7)10(13)14-11(3,4)5;1-8(2,9(3)4)6-5-7-10;1-9-4-2-7(8,6-10)3-5-9/h8-9H,1-7H3;7H,1-4H3;6H,2-5H2,1H3. The molecular weight excluding hydrogens is 437 g/mol. The van der Waals surface area contributed by atoms with E-state index in [1.165, 1.54) is 0 Å². The van der Waals surface area contributed by atoms with Gasteiger partial charge in [-0.05, 0) is 81.7 Å². The molecule has 1 unspecified atom stereocenters. The summed E-state index contributed by atoms with van der Waals surface area (Å²) < 4.78 is 18.4. The Morgan fingerprint density at radius 1 is 1.06 bits per heavy atom. The maximum atomic E-state index is 13.1. The second-order valence-corrected chi connectivity index (χ2v) is 11.0. The van der Waals surface area contributed by atoms with E-state index in [-0.39, 0.29) is 23.5 Å². The summed E-state index contributed by atoms with van der Waals surface area (Å²) in [6.07, 6.45) is 1.77. The Balaban J connectivity index is 0. The molecule has 0 spiro atoms. The van der Waals surface area contributed by atoms with Crippen molar-refractivity contribution in [3.63, 3.8) is 0 Å². The van der Waals surface area contributed by atoms with Crippen molar-refractivity contribution in [2.24, 2.45) is 5.92 Å². The van der Waals surface area contributed by atoms with Gasteiger partial charge in [0.15, 0.2) is 18.2 Å². The van der Waals surface area contributed by atoms with Crippen molar-refractivity contribution in [1.82, 2.24) is 14.7 Å². The van der Waals surface area contributed by atoms with Crippen LogP contribution in [0.3, 0.4) is 0 Å². The summed E-state index contributed by atoms with van der Waals surface area (Å²) in [4.78, 5) is 37.7. The summed E-state index contributed by atoms with van der Waals surface area (Å²) in [5.74, 6) is 5.34. The molecule has 1 fully saturated rings. The smallest absolute Gasteiger partial charge is 0.324 e. The minimum atomic E-state index is -1.52. The first-order valence-corrected chi connectivity index (χ1v) is 11.7. The monoisotopic (exact) mass is 485 g/mol. The third-order valence-electron chi connectivity index (χ3n) is 5.42. The van der Waals surface area contributed by atoms with Crippen molar-refractivity contribution in [3.05, 3.63) is 0 Å². The van der Waals surface area contributed by atoms with Gasteiger partial charge in [0, 0.05) is 25.9 Å². The van der Waals surface area contributed by atoms with Gasteiger partial charge in [0.1, 0.15) is 11.6 Å². The van der Waals surface area contributed by atoms with Crippen molar-refractivity contribution in [1.29, 1.82) is 0 Å². The summed E-state index contributed by atoms with van der Waals surface area (Å²) in [6.45, 7) is 15.0. The summed E-state index contributed by atoms with van der Waals surface area (Å²) in [5.41, 5.74) is -2.13. The average Bonchev–Trinajstić information content (AvgIpc) is 2.68. The van der Waals surface area contributed by atoms with Crippen LogP contribution in [-0.4, -0.2) is 104 Å². The summed E-state index contributed by atoms with van der Waals surface area (Å²) in [7, 11) is 9.59. The van der Waals surface area contributed by atoms with Gasteiger partial charge in [0.05, 0.1) is 5.54 Å². The van der Waals surface area contributed by atoms with Gasteiger partial charge < -0.3 is 9.64 Å². The molecule has 0 aromatic heterocycles. The number of esters is 1. The van der Waals surface area contributed by atoms with Gasteiger partial charge in [-0.25, -0.2) is 4.39 Å². The Morgan fingerprint density at radius 3 is 1.82 bits per heavy atom. The average molecular weight is 486 g/mol. The third-order valence-corrected chi connectivity index (χ3v) is 5.42. The molecule has 7 nitrogen and oxygen atoms in total. The van der Waals surface area contributed by atoms with Crippen LogP contribution in [0.25, 0.3) is 0 Å². The lowest BCUT2D eigenvalue weighted by molar-refractivity contribution is -0.162. The summed E-state index contributed by atoms with van der Waals surface area (Å²) >= 11 is 0. The minimum Gasteiger partial charge on any atom is -0.459 e. The molecule has 1 aliphatic rings. The van der Waals surface area contributed by atoms with Crippen molar-refractivity contribution in [3.8, 4) is 11.8 Å². The van der Waals surface area contributed by atoms with E-state index in [0.29, 0.717) is 38.5 Å². The number of hydrogen-bond donors (Lipinski definition) is 0. The van der Waals surface area contributed by atoms with Gasteiger partial charge in [0.2, 0.25) is 0 Å². The van der Waals surface area contributed by atoms with Gasteiger partial charge in [0.25, 0.3) is 0 Å². The molecule has 0 aliphatic carbocycles. The number of hydrogen-bond acceptors (Lipinski definition) is 7. The van der Waals surface area contributed by atoms with Crippen molar-refractivity contribution in [2.45, 2.75) is 84.2 Å². The highest BCUT2D eigenvalue weighted by Gasteiger charge is 2.32. The van der Waals surface area contributed by atoms with Crippen LogP contribution in [0.1, 0.15) is 61.3 Å². The van der Waals surface area contributed by atoms with Crippen LogP contribution in [0.4, 0.5) is 4.39 Å². The second kappa shape index (κ2) is 15.2. The summed E-state index contributed by atoms with van der Waals surface area (Å²) in [5, 5.41) is 0. The van der Waals surface area contributed by atoms with Crippen LogP contribution >= 0.6 is 0 Å². The van der Waals surface area contributed by atoms with E-state index < -0.39 is 11.3 Å². The van der Waals surface area contributed by atoms with Crippen LogP contribution in [-0.2, 0) is 19.1 Å². The number of likely N-dealkylation sites (N-methyl/N-ethyl adjacent to an activating group) is 1. The molecular formula is C26H48FN3O4. The van der Waals surface area contributed by atoms with Gasteiger partial charge in [-0.15, -0.1) is 0 Å². The molecule has 1 atom stereocenters. The van der Waals surface area contributed by atoms with E-state index in [2.05, 4.69) is 11.8 Å². The van der Waals surface area contributed by atoms with Crippen molar-refractivity contribution in [2.75, 3.05) is 48.3 Å². The zero-order valence-corrected chi connectivity index (χ0v) is 23.5. The second-order valence-electron chi connectivity index (χ2n) is 11.0. The first-order valence-electron chi connectivity index (χ1n) is 11.7. The fourth-order valence-corrected chi connectivity index (χ4v) is 2.87. The van der Waals surface area contributed by atoms with Crippen LogP contribution < -0.4 is 0 Å². The molecule has 0 aromatic rings. The molecule has 0 aromatic carbocycles. The van der Waals surface area contributed by atoms with Gasteiger partial charge in [-0.1, -0.05) is 19.8 Å². The zero-order chi connectivity index (χ0) is 27.3. The SMILES string of the molecule is CC(C)C(C(=O)OC(C)(C)C)N(C)C.CN(C)C(C)(C)C#CC=O.CN1CCC(F)(C=O)CC1. The first kappa shape index (κ1) is 34.3. The zero-order valence-electron chi connectivity index (χ0n) is 23.5. The van der Waals surface area contributed by atoms with E-state index in [9.17, 15) is 18.8 Å². The highest BCUT2D eigenvalue weighted by molar-refractivity contribution is 5.76. The number of nitrogens with zero attached hydrogens (tertiary/aromatic N) is 3. The number of halogens is 1. The molecule has 0 saturated carbocycles. The molecule has 1 heterocycles. The Morgan fingerprint density at radius 2 is 1.53 bits per heavy atom. The lowest BCUT2D eigenvalue weighted by Crippen LogP contribution is -2.43. The van der Waals surface area contributed by atoms with Crippen LogP contribution in [0, 0.1) is 17.8 Å². The molecule has 34 heavy (non-hydrogen) atoms. The molecule has 8 heteroatoms. The maximum absolute atomic E-state index is 13.1. The molecule has 198 valence electrons. The Labute approximate surface area is 207 Å². The quantitative estimate of drug-likeness (QED) is 0.337. The molecule has 1 aliphatic heterocycles. The van der Waals surface area contributed by atoms with E-state index in [0.717, 1.165) is 0 Å². The van der Waals surface area contributed by atoms with Crippen LogP contribution in [0.5, 0.6) is 0 Å². The predicted molar refractivity (Wildman–Crippen MR) is 136 cm³/mol. The lowest BCUT2D eigenvalue weighted by Gasteiger charge is -2.30. The Kier molecular flexibility index (Phi) is 15.4. The van der Waals surface area contributed by atoms with Crippen molar-refractivity contribution < 1.29 is 23.5 Å². The third kappa shape index (κ3) is 15.2. The van der Waals surface area contributed by atoms with Gasteiger partial charge in [-0.2, -0.15) is 0 Å². The summed E-state index contributed by atoms with van der Waals surface area (Å²) in [6, 6.07) is -0.158. The van der Waals surface area contributed by atoms with Crippen LogP contribution in [0.15, 0.2) is 0 Å². The number of aldehydes is 2. The maximum Gasteiger partial charge on any atom is 0.324 e. The molecule has 0 amide bonds. The van der Waals surface area contributed by atoms with Gasteiger partial charge >= 0.3 is 5.97 Å². The highest BCUT2D eigenvalue weighted by atomic mass is 19.1. The minimum absolute atomic E-state index is 0.141. The van der Waals surface area contributed by atoms with Gasteiger partial charge in [-0.3, -0.25) is 24.2 Å². The van der Waals surface area contributed by atoms with Crippen molar-refractivity contribution >= 4 is 18.5 Å². The normalized spacial score (nSPS) is 16.8. The number of carbonyl (C=O) groups excluding carboxylic acids is 3. The lowest BCUT2D eigenvalue weighted by atomic mass is 9.96. The molecule has 0 N–H and O–H groups in total. The molecule has 0 radical (unpaired) electrons. The first-order chi connectivity index (χ1) is 15.3. The van der Waals surface area contributed by atoms with E-state index in [1.807, 2.05) is 98.4 Å². The molecule has 0 bridgehead atoms. The number of alkyl halides is 1. The molecule has 1 saturated heterocycles. The molecule has 1 rings (SSSR count). The topological polar surface area (TPSA) is 70.2 Å². The Bertz CT molecular complexity index is 672. The highest BCUT2D eigenvalue weighted by Crippen LogP contribution is 2.23. The Hall–Kier alpha value is -1.82. The van der Waals surface area contributed by atoms with Crippen LogP contribution in [0.2, 0.25) is 0 Å².